The van der Waals surface area contributed by atoms with E-state index in [4.69, 9.17) is 40.5 Å². The molecule has 1 amide bonds. The van der Waals surface area contributed by atoms with Gasteiger partial charge in [-0.3, -0.25) is 4.79 Å². The smallest absolute Gasteiger partial charge is 0.366 e. The van der Waals surface area contributed by atoms with Gasteiger partial charge in [-0.1, -0.05) is 59.1 Å². The number of carbonyl (C=O) groups excluding carboxylic acids is 1. The number of amides is 1. The number of hydrogen-bond donors (Lipinski definition) is 1. The van der Waals surface area contributed by atoms with Gasteiger partial charge in [0.1, 0.15) is 0 Å². The second kappa shape index (κ2) is 8.74. The number of hydrogen-bond acceptors (Lipinski definition) is 2. The minimum Gasteiger partial charge on any atom is -0.366 e. The summed E-state index contributed by atoms with van der Waals surface area (Å²) in [4.78, 5) is 11.3. The van der Waals surface area contributed by atoms with Crippen LogP contribution < -0.4 is 5.73 Å². The van der Waals surface area contributed by atoms with E-state index < -0.39 is 17.8 Å². The van der Waals surface area contributed by atoms with Gasteiger partial charge in [0.15, 0.2) is 5.69 Å². The van der Waals surface area contributed by atoms with Crippen molar-refractivity contribution in [2.75, 3.05) is 0 Å². The molecule has 0 bridgehead atoms. The Hall–Kier alpha value is -3.00. The number of primary amides is 1. The Bertz CT molecular complexity index is 1350. The van der Waals surface area contributed by atoms with Crippen LogP contribution in [0.2, 0.25) is 15.1 Å². The van der Waals surface area contributed by atoms with Crippen molar-refractivity contribution in [3.63, 3.8) is 0 Å². The highest BCUT2D eigenvalue weighted by Gasteiger charge is 2.35. The lowest BCUT2D eigenvalue weighted by atomic mass is 10.0. The van der Waals surface area contributed by atoms with Gasteiger partial charge in [-0.05, 0) is 48.0 Å². The number of nitrogens with two attached hydrogens (primary N) is 1. The standard InChI is InChI=1S/C23H13Cl3F3N3O/c24-17-10-19(26)18(25)9-16(17)12-1-3-13(4-2-12)20-11-21(23(27,28)29)31-32(20)15-7-5-14(6-8-15)22(30)33/h1-11H,(H2,30,33). The second-order valence-corrected chi connectivity index (χ2v) is 8.28. The molecule has 0 unspecified atom stereocenters. The largest absolute Gasteiger partial charge is 0.435 e. The quantitative estimate of drug-likeness (QED) is 0.293. The van der Waals surface area contributed by atoms with Crippen molar-refractivity contribution in [2.24, 2.45) is 5.73 Å². The molecule has 0 saturated carbocycles. The molecule has 0 fully saturated rings. The highest BCUT2D eigenvalue weighted by atomic mass is 35.5. The monoisotopic (exact) mass is 509 g/mol. The molecule has 0 saturated heterocycles. The molecule has 4 nitrogen and oxygen atoms in total. The van der Waals surface area contributed by atoms with Crippen molar-refractivity contribution in [2.45, 2.75) is 6.18 Å². The molecular formula is C23H13Cl3F3N3O. The maximum atomic E-state index is 13.4. The molecular weight excluding hydrogens is 498 g/mol. The van der Waals surface area contributed by atoms with Crippen molar-refractivity contribution in [1.82, 2.24) is 9.78 Å². The number of aromatic nitrogens is 2. The minimum absolute atomic E-state index is 0.209. The molecule has 3 aromatic carbocycles. The molecule has 1 aromatic heterocycles. The van der Waals surface area contributed by atoms with Crippen molar-refractivity contribution < 1.29 is 18.0 Å². The normalized spacial score (nSPS) is 11.6. The molecule has 4 aromatic rings. The molecule has 33 heavy (non-hydrogen) atoms. The Morgan fingerprint density at radius 2 is 1.39 bits per heavy atom. The molecule has 0 aliphatic carbocycles. The summed E-state index contributed by atoms with van der Waals surface area (Å²) in [6.07, 6.45) is -4.64. The summed E-state index contributed by atoms with van der Waals surface area (Å²) in [5.74, 6) is -0.644. The number of nitrogens with zero attached hydrogens (tertiary/aromatic N) is 2. The number of carbonyl (C=O) groups is 1. The van der Waals surface area contributed by atoms with Gasteiger partial charge in [0.2, 0.25) is 5.91 Å². The number of rotatable bonds is 4. The van der Waals surface area contributed by atoms with Crippen LogP contribution in [0.25, 0.3) is 28.1 Å². The lowest BCUT2D eigenvalue weighted by Crippen LogP contribution is -2.11. The zero-order valence-electron chi connectivity index (χ0n) is 16.5. The van der Waals surface area contributed by atoms with E-state index in [1.54, 1.807) is 30.3 Å². The molecule has 0 atom stereocenters. The van der Waals surface area contributed by atoms with Gasteiger partial charge in [0.25, 0.3) is 0 Å². The maximum Gasteiger partial charge on any atom is 0.435 e. The van der Waals surface area contributed by atoms with Crippen LogP contribution in [0.1, 0.15) is 16.1 Å². The predicted molar refractivity (Wildman–Crippen MR) is 123 cm³/mol. The average molecular weight is 511 g/mol. The van der Waals surface area contributed by atoms with Crippen LogP contribution in [0.4, 0.5) is 13.2 Å². The summed E-state index contributed by atoms with van der Waals surface area (Å²) in [5.41, 5.74) is 6.78. The van der Waals surface area contributed by atoms with Gasteiger partial charge in [-0.25, -0.2) is 4.68 Å². The Morgan fingerprint density at radius 1 is 0.818 bits per heavy atom. The van der Waals surface area contributed by atoms with Crippen LogP contribution in [-0.4, -0.2) is 15.7 Å². The zero-order chi connectivity index (χ0) is 23.9. The van der Waals surface area contributed by atoms with E-state index in [0.717, 1.165) is 10.7 Å². The fraction of sp³-hybridized carbons (Fsp3) is 0.0435. The second-order valence-electron chi connectivity index (χ2n) is 7.06. The van der Waals surface area contributed by atoms with Gasteiger partial charge in [-0.15, -0.1) is 0 Å². The Morgan fingerprint density at radius 3 is 1.97 bits per heavy atom. The lowest BCUT2D eigenvalue weighted by molar-refractivity contribution is -0.141. The van der Waals surface area contributed by atoms with E-state index in [1.807, 2.05) is 0 Å². The van der Waals surface area contributed by atoms with Crippen molar-refractivity contribution in [1.29, 1.82) is 0 Å². The first-order valence-electron chi connectivity index (χ1n) is 9.37. The van der Waals surface area contributed by atoms with Crippen molar-refractivity contribution in [3.8, 4) is 28.1 Å². The van der Waals surface area contributed by atoms with Crippen LogP contribution >= 0.6 is 34.8 Å². The molecule has 0 spiro atoms. The van der Waals surface area contributed by atoms with E-state index in [0.29, 0.717) is 37.4 Å². The van der Waals surface area contributed by atoms with E-state index in [1.165, 1.54) is 30.3 Å². The fourth-order valence-corrected chi connectivity index (χ4v) is 3.91. The number of alkyl halides is 3. The van der Waals surface area contributed by atoms with Crippen LogP contribution in [-0.2, 0) is 6.18 Å². The third-order valence-corrected chi connectivity index (χ3v) is 5.93. The molecule has 168 valence electrons. The van der Waals surface area contributed by atoms with E-state index in [2.05, 4.69) is 5.10 Å². The van der Waals surface area contributed by atoms with Crippen LogP contribution in [0.3, 0.4) is 0 Å². The van der Waals surface area contributed by atoms with Gasteiger partial charge in [0.05, 0.1) is 21.4 Å². The van der Waals surface area contributed by atoms with Crippen LogP contribution in [0.5, 0.6) is 0 Å². The minimum atomic E-state index is -4.64. The summed E-state index contributed by atoms with van der Waals surface area (Å²) >= 11 is 18.3. The van der Waals surface area contributed by atoms with Crippen molar-refractivity contribution in [3.05, 3.63) is 93.1 Å². The highest BCUT2D eigenvalue weighted by Crippen LogP contribution is 2.37. The van der Waals surface area contributed by atoms with E-state index in [9.17, 15) is 18.0 Å². The summed E-state index contributed by atoms with van der Waals surface area (Å²) < 4.78 is 41.4. The Kier molecular flexibility index (Phi) is 6.14. The molecule has 4 rings (SSSR count). The van der Waals surface area contributed by atoms with E-state index >= 15 is 0 Å². The molecule has 1 heterocycles. The van der Waals surface area contributed by atoms with Gasteiger partial charge < -0.3 is 5.73 Å². The SMILES string of the molecule is NC(=O)c1ccc(-n2nc(C(F)(F)F)cc2-c2ccc(-c3cc(Cl)c(Cl)cc3Cl)cc2)cc1. The van der Waals surface area contributed by atoms with Gasteiger partial charge in [-0.2, -0.15) is 18.3 Å². The van der Waals surface area contributed by atoms with E-state index in [-0.39, 0.29) is 11.3 Å². The zero-order valence-corrected chi connectivity index (χ0v) is 18.8. The molecule has 0 aliphatic rings. The summed E-state index contributed by atoms with van der Waals surface area (Å²) in [6.45, 7) is 0. The predicted octanol–water partition coefficient (Wildman–Crippen LogP) is 7.28. The third-order valence-electron chi connectivity index (χ3n) is 4.90. The fourth-order valence-electron chi connectivity index (χ4n) is 3.25. The molecule has 10 heteroatoms. The highest BCUT2D eigenvalue weighted by molar-refractivity contribution is 6.44. The van der Waals surface area contributed by atoms with Crippen molar-refractivity contribution >= 4 is 40.7 Å². The first kappa shape index (κ1) is 23.2. The first-order chi connectivity index (χ1) is 15.5. The number of benzene rings is 3. The Labute approximate surface area is 201 Å². The first-order valence-corrected chi connectivity index (χ1v) is 10.5. The topological polar surface area (TPSA) is 60.9 Å². The lowest BCUT2D eigenvalue weighted by Gasteiger charge is -2.10. The maximum absolute atomic E-state index is 13.4. The van der Waals surface area contributed by atoms with Crippen LogP contribution in [0.15, 0.2) is 66.7 Å². The third kappa shape index (κ3) is 4.71. The van der Waals surface area contributed by atoms with Gasteiger partial charge >= 0.3 is 6.18 Å². The molecule has 0 radical (unpaired) electrons. The summed E-state index contributed by atoms with van der Waals surface area (Å²) in [5, 5.41) is 4.77. The van der Waals surface area contributed by atoms with Gasteiger partial charge in [0, 0.05) is 21.7 Å². The molecule has 2 N–H and O–H groups in total. The summed E-state index contributed by atoms with van der Waals surface area (Å²) in [6, 6.07) is 16.6. The number of halogens is 6. The molecule has 0 aliphatic heterocycles. The summed E-state index contributed by atoms with van der Waals surface area (Å²) in [7, 11) is 0. The Balaban J connectivity index is 1.79. The average Bonchev–Trinajstić information content (AvgIpc) is 3.22. The van der Waals surface area contributed by atoms with Crippen LogP contribution in [0, 0.1) is 0 Å².